The van der Waals surface area contributed by atoms with Crippen molar-refractivity contribution in [2.75, 3.05) is 0 Å². The number of amides is 1. The molecule has 3 nitrogen and oxygen atoms in total. The van der Waals surface area contributed by atoms with Crippen molar-refractivity contribution in [1.29, 1.82) is 0 Å². The van der Waals surface area contributed by atoms with E-state index in [0.717, 1.165) is 12.8 Å². The van der Waals surface area contributed by atoms with Crippen molar-refractivity contribution >= 4 is 17.5 Å². The number of rotatable bonds is 2. The fourth-order valence-electron chi connectivity index (χ4n) is 2.04. The van der Waals surface area contributed by atoms with E-state index >= 15 is 0 Å². The van der Waals surface area contributed by atoms with E-state index in [2.05, 4.69) is 10.3 Å². The summed E-state index contributed by atoms with van der Waals surface area (Å²) in [5.41, 5.74) is 0.401. The molecule has 2 rings (SSSR count). The number of carbonyl (C=O) groups is 1. The van der Waals surface area contributed by atoms with Gasteiger partial charge in [-0.05, 0) is 25.0 Å². The summed E-state index contributed by atoms with van der Waals surface area (Å²) in [7, 11) is 0. The van der Waals surface area contributed by atoms with Crippen molar-refractivity contribution in [3.05, 3.63) is 29.0 Å². The van der Waals surface area contributed by atoms with Crippen molar-refractivity contribution in [3.8, 4) is 0 Å². The molecule has 1 aliphatic rings. The first-order valence-corrected chi connectivity index (χ1v) is 6.07. The van der Waals surface area contributed by atoms with Gasteiger partial charge in [0.05, 0.1) is 0 Å². The van der Waals surface area contributed by atoms with Gasteiger partial charge in [-0.2, -0.15) is 0 Å². The van der Waals surface area contributed by atoms with Crippen LogP contribution in [0.2, 0.25) is 5.15 Å². The van der Waals surface area contributed by atoms with Crippen LogP contribution in [-0.4, -0.2) is 16.9 Å². The minimum Gasteiger partial charge on any atom is -0.348 e. The fraction of sp³-hybridized carbons (Fsp3) is 0.500. The van der Waals surface area contributed by atoms with E-state index in [1.165, 1.54) is 19.3 Å². The Balaban J connectivity index is 1.97. The normalized spacial score (nSPS) is 17.1. The maximum Gasteiger partial charge on any atom is 0.270 e. The Hall–Kier alpha value is -1.09. The molecule has 0 aliphatic heterocycles. The zero-order valence-corrected chi connectivity index (χ0v) is 9.83. The molecular formula is C12H15ClN2O. The first kappa shape index (κ1) is 11.4. The van der Waals surface area contributed by atoms with E-state index < -0.39 is 0 Å². The minimum absolute atomic E-state index is 0.116. The molecule has 0 spiro atoms. The van der Waals surface area contributed by atoms with E-state index in [4.69, 9.17) is 11.6 Å². The summed E-state index contributed by atoms with van der Waals surface area (Å²) in [5, 5.41) is 3.36. The molecule has 0 unspecified atom stereocenters. The standard InChI is InChI=1S/C12H15ClN2O/c13-11-8-4-7-10(15-11)12(16)14-9-5-2-1-3-6-9/h4,7-9H,1-3,5-6H2,(H,14,16). The Morgan fingerprint density at radius 1 is 1.31 bits per heavy atom. The minimum atomic E-state index is -0.116. The fourth-order valence-corrected chi connectivity index (χ4v) is 2.20. The van der Waals surface area contributed by atoms with Gasteiger partial charge in [0.1, 0.15) is 10.8 Å². The van der Waals surface area contributed by atoms with Gasteiger partial charge in [0.25, 0.3) is 5.91 Å². The molecule has 16 heavy (non-hydrogen) atoms. The van der Waals surface area contributed by atoms with Crippen LogP contribution in [-0.2, 0) is 0 Å². The van der Waals surface area contributed by atoms with Crippen molar-refractivity contribution in [2.45, 2.75) is 38.1 Å². The highest BCUT2D eigenvalue weighted by Gasteiger charge is 2.17. The number of pyridine rings is 1. The van der Waals surface area contributed by atoms with Gasteiger partial charge in [-0.1, -0.05) is 36.9 Å². The molecular weight excluding hydrogens is 224 g/mol. The van der Waals surface area contributed by atoms with Crippen LogP contribution in [0, 0.1) is 0 Å². The van der Waals surface area contributed by atoms with E-state index in [-0.39, 0.29) is 5.91 Å². The monoisotopic (exact) mass is 238 g/mol. The summed E-state index contributed by atoms with van der Waals surface area (Å²) in [5.74, 6) is -0.116. The molecule has 1 aliphatic carbocycles. The summed E-state index contributed by atoms with van der Waals surface area (Å²) < 4.78 is 0. The molecule has 0 bridgehead atoms. The topological polar surface area (TPSA) is 42.0 Å². The van der Waals surface area contributed by atoms with Crippen LogP contribution in [0.3, 0.4) is 0 Å². The Bertz CT molecular complexity index is 375. The maximum absolute atomic E-state index is 11.8. The summed E-state index contributed by atoms with van der Waals surface area (Å²) >= 11 is 5.74. The van der Waals surface area contributed by atoms with E-state index in [1.54, 1.807) is 18.2 Å². The number of aromatic nitrogens is 1. The second kappa shape index (κ2) is 5.30. The van der Waals surface area contributed by atoms with Gasteiger partial charge >= 0.3 is 0 Å². The molecule has 86 valence electrons. The first-order chi connectivity index (χ1) is 7.75. The highest BCUT2D eigenvalue weighted by molar-refractivity contribution is 6.29. The molecule has 4 heteroatoms. The second-order valence-electron chi connectivity index (χ2n) is 4.15. The third-order valence-electron chi connectivity index (χ3n) is 2.89. The smallest absolute Gasteiger partial charge is 0.270 e. The molecule has 0 radical (unpaired) electrons. The SMILES string of the molecule is O=C(NC1CCCCC1)c1cccc(Cl)n1. The predicted molar refractivity (Wildman–Crippen MR) is 63.6 cm³/mol. The number of carbonyl (C=O) groups excluding carboxylic acids is 1. The second-order valence-corrected chi connectivity index (χ2v) is 4.54. The number of nitrogens with one attached hydrogen (secondary N) is 1. The van der Waals surface area contributed by atoms with E-state index in [0.29, 0.717) is 16.9 Å². The van der Waals surface area contributed by atoms with Gasteiger partial charge in [-0.15, -0.1) is 0 Å². The van der Waals surface area contributed by atoms with Crippen molar-refractivity contribution < 1.29 is 4.79 Å². The van der Waals surface area contributed by atoms with Crippen LogP contribution in [0.1, 0.15) is 42.6 Å². The summed E-state index contributed by atoms with van der Waals surface area (Å²) in [6.07, 6.45) is 5.84. The zero-order chi connectivity index (χ0) is 11.4. The number of halogens is 1. The van der Waals surface area contributed by atoms with Crippen LogP contribution in [0.4, 0.5) is 0 Å². The Morgan fingerprint density at radius 2 is 2.06 bits per heavy atom. The van der Waals surface area contributed by atoms with Gasteiger partial charge in [-0.3, -0.25) is 4.79 Å². The molecule has 1 heterocycles. The highest BCUT2D eigenvalue weighted by atomic mass is 35.5. The van der Waals surface area contributed by atoms with E-state index in [1.807, 2.05) is 0 Å². The molecule has 0 saturated heterocycles. The van der Waals surface area contributed by atoms with Crippen LogP contribution < -0.4 is 5.32 Å². The first-order valence-electron chi connectivity index (χ1n) is 5.69. The number of nitrogens with zero attached hydrogens (tertiary/aromatic N) is 1. The predicted octanol–water partition coefficient (Wildman–Crippen LogP) is 2.80. The number of hydrogen-bond donors (Lipinski definition) is 1. The Morgan fingerprint density at radius 3 is 2.75 bits per heavy atom. The Labute approximate surface area is 100 Å². The molecule has 1 aromatic rings. The third-order valence-corrected chi connectivity index (χ3v) is 3.10. The summed E-state index contributed by atoms with van der Waals surface area (Å²) in [6, 6.07) is 5.40. The molecule has 1 amide bonds. The van der Waals surface area contributed by atoms with Crippen molar-refractivity contribution in [2.24, 2.45) is 0 Å². The number of hydrogen-bond acceptors (Lipinski definition) is 2. The molecule has 1 aromatic heterocycles. The molecule has 0 atom stereocenters. The quantitative estimate of drug-likeness (QED) is 0.805. The Kier molecular flexibility index (Phi) is 3.78. The van der Waals surface area contributed by atoms with E-state index in [9.17, 15) is 4.79 Å². The largest absolute Gasteiger partial charge is 0.348 e. The lowest BCUT2D eigenvalue weighted by atomic mass is 9.95. The zero-order valence-electron chi connectivity index (χ0n) is 9.08. The van der Waals surface area contributed by atoms with Crippen LogP contribution in [0.15, 0.2) is 18.2 Å². The van der Waals surface area contributed by atoms with Crippen molar-refractivity contribution in [1.82, 2.24) is 10.3 Å². The lowest BCUT2D eigenvalue weighted by Gasteiger charge is -2.22. The van der Waals surface area contributed by atoms with Gasteiger partial charge < -0.3 is 5.32 Å². The molecule has 1 fully saturated rings. The van der Waals surface area contributed by atoms with Gasteiger partial charge in [0.2, 0.25) is 0 Å². The average Bonchev–Trinajstić information content (AvgIpc) is 2.30. The molecule has 1 saturated carbocycles. The van der Waals surface area contributed by atoms with Crippen LogP contribution in [0.5, 0.6) is 0 Å². The highest BCUT2D eigenvalue weighted by Crippen LogP contribution is 2.17. The van der Waals surface area contributed by atoms with Crippen LogP contribution in [0.25, 0.3) is 0 Å². The van der Waals surface area contributed by atoms with Gasteiger partial charge in [-0.25, -0.2) is 4.98 Å². The average molecular weight is 239 g/mol. The summed E-state index contributed by atoms with van der Waals surface area (Å²) in [4.78, 5) is 15.8. The van der Waals surface area contributed by atoms with Crippen LogP contribution >= 0.6 is 11.6 Å². The maximum atomic E-state index is 11.8. The lowest BCUT2D eigenvalue weighted by Crippen LogP contribution is -2.36. The van der Waals surface area contributed by atoms with Gasteiger partial charge in [0.15, 0.2) is 0 Å². The lowest BCUT2D eigenvalue weighted by molar-refractivity contribution is 0.0922. The summed E-state index contributed by atoms with van der Waals surface area (Å²) in [6.45, 7) is 0. The third kappa shape index (κ3) is 2.95. The molecule has 0 aromatic carbocycles. The van der Waals surface area contributed by atoms with Gasteiger partial charge in [0, 0.05) is 6.04 Å². The molecule has 1 N–H and O–H groups in total. The van der Waals surface area contributed by atoms with Crippen molar-refractivity contribution in [3.63, 3.8) is 0 Å².